The zero-order valence-electron chi connectivity index (χ0n) is 30.7. The van der Waals surface area contributed by atoms with Crippen molar-refractivity contribution >= 4 is 38.4 Å². The molecule has 0 bridgehead atoms. The van der Waals surface area contributed by atoms with Crippen molar-refractivity contribution in [3.8, 4) is 5.75 Å². The zero-order valence-corrected chi connectivity index (χ0v) is 30.7. The Labute approximate surface area is 306 Å². The lowest BCUT2D eigenvalue weighted by Gasteiger charge is -2.19. The molecule has 0 fully saturated rings. The molecule has 276 valence electrons. The van der Waals surface area contributed by atoms with E-state index < -0.39 is 25.0 Å². The Morgan fingerprint density at radius 1 is 0.849 bits per heavy atom. The van der Waals surface area contributed by atoms with Gasteiger partial charge in [-0.05, 0) is 97.1 Å². The van der Waals surface area contributed by atoms with Gasteiger partial charge in [-0.15, -0.1) is 4.91 Å². The first-order valence-electron chi connectivity index (χ1n) is 18.2. The average Bonchev–Trinajstić information content (AvgIpc) is 3.45. The average molecular weight is 725 g/mol. The van der Waals surface area contributed by atoms with Gasteiger partial charge in [0.1, 0.15) is 11.8 Å². The minimum Gasteiger partial charge on any atom is -0.487 e. The van der Waals surface area contributed by atoms with E-state index in [9.17, 15) is 27.3 Å². The number of ether oxygens (including phenoxy) is 1. The van der Waals surface area contributed by atoms with Gasteiger partial charge in [-0.25, -0.2) is 8.78 Å². The Bertz CT molecular complexity index is 2270. The summed E-state index contributed by atoms with van der Waals surface area (Å²) >= 11 is 0. The molecule has 0 saturated carbocycles. The van der Waals surface area contributed by atoms with E-state index in [4.69, 9.17) is 4.74 Å². The number of ketones is 1. The summed E-state index contributed by atoms with van der Waals surface area (Å²) in [6, 6.07) is 24.6. The number of benzene rings is 5. The molecule has 0 radical (unpaired) electrons. The SMILES string of the molecule is CCCCC(CC)Cn1c2ccc(C(=O)c3c(C)cc(C)cc3C)cc2c2cc(C(N=O)c3ccc(OCC(F)(F)C(F)F)cc3)c3ccccc3c21. The molecule has 6 aromatic rings. The van der Waals surface area contributed by atoms with Crippen molar-refractivity contribution in [1.82, 2.24) is 4.57 Å². The van der Waals surface area contributed by atoms with E-state index >= 15 is 0 Å². The summed E-state index contributed by atoms with van der Waals surface area (Å²) in [7, 11) is 0. The monoisotopic (exact) mass is 724 g/mol. The first kappa shape index (κ1) is 37.7. The maximum atomic E-state index is 14.2. The van der Waals surface area contributed by atoms with Gasteiger partial charge >= 0.3 is 12.3 Å². The maximum absolute atomic E-state index is 14.2. The number of halogens is 4. The van der Waals surface area contributed by atoms with Crippen LogP contribution in [0, 0.1) is 31.6 Å². The molecule has 0 aliphatic carbocycles. The second-order valence-corrected chi connectivity index (χ2v) is 14.2. The number of rotatable bonds is 15. The number of carbonyl (C=O) groups excluding carboxylic acids is 1. The van der Waals surface area contributed by atoms with Gasteiger partial charge in [-0.1, -0.05) is 92.4 Å². The molecule has 5 nitrogen and oxygen atoms in total. The largest absolute Gasteiger partial charge is 0.487 e. The van der Waals surface area contributed by atoms with Gasteiger partial charge in [0.2, 0.25) is 0 Å². The minimum absolute atomic E-state index is 0.0353. The fourth-order valence-corrected chi connectivity index (χ4v) is 7.69. The van der Waals surface area contributed by atoms with Crippen LogP contribution < -0.4 is 4.74 Å². The zero-order chi connectivity index (χ0) is 38.0. The van der Waals surface area contributed by atoms with Gasteiger partial charge in [0.05, 0.1) is 5.52 Å². The van der Waals surface area contributed by atoms with Crippen molar-refractivity contribution < 1.29 is 27.1 Å². The smallest absolute Gasteiger partial charge is 0.340 e. The maximum Gasteiger partial charge on any atom is 0.340 e. The molecule has 0 spiro atoms. The second kappa shape index (κ2) is 15.5. The number of aromatic nitrogens is 1. The van der Waals surface area contributed by atoms with Crippen LogP contribution in [0.5, 0.6) is 5.75 Å². The van der Waals surface area contributed by atoms with Gasteiger partial charge in [-0.3, -0.25) is 4.79 Å². The van der Waals surface area contributed by atoms with Crippen LogP contribution in [0.25, 0.3) is 32.6 Å². The molecule has 0 amide bonds. The molecule has 53 heavy (non-hydrogen) atoms. The molecule has 1 heterocycles. The van der Waals surface area contributed by atoms with Crippen LogP contribution in [-0.4, -0.2) is 29.3 Å². The number of alkyl halides is 4. The van der Waals surface area contributed by atoms with Crippen molar-refractivity contribution in [2.24, 2.45) is 11.1 Å². The Morgan fingerprint density at radius 2 is 1.53 bits per heavy atom. The first-order valence-corrected chi connectivity index (χ1v) is 18.2. The van der Waals surface area contributed by atoms with E-state index in [0.29, 0.717) is 28.2 Å². The molecule has 2 atom stereocenters. The topological polar surface area (TPSA) is 60.7 Å². The lowest BCUT2D eigenvalue weighted by molar-refractivity contribution is -0.148. The molecular formula is C44H44F4N2O3. The normalized spacial score (nSPS) is 13.2. The second-order valence-electron chi connectivity index (χ2n) is 14.2. The molecule has 5 aromatic carbocycles. The summed E-state index contributed by atoms with van der Waals surface area (Å²) in [5.74, 6) is -3.96. The highest BCUT2D eigenvalue weighted by Crippen LogP contribution is 2.42. The number of hydrogen-bond donors (Lipinski definition) is 0. The van der Waals surface area contributed by atoms with Crippen LogP contribution in [0.1, 0.15) is 89.3 Å². The van der Waals surface area contributed by atoms with Gasteiger partial charge < -0.3 is 9.30 Å². The molecular weight excluding hydrogens is 680 g/mol. The lowest BCUT2D eigenvalue weighted by Crippen LogP contribution is -2.33. The third-order valence-electron chi connectivity index (χ3n) is 10.4. The highest BCUT2D eigenvalue weighted by molar-refractivity contribution is 6.21. The number of fused-ring (bicyclic) bond motifs is 5. The molecule has 0 aliphatic heterocycles. The first-order chi connectivity index (χ1) is 25.4. The van der Waals surface area contributed by atoms with E-state index in [-0.39, 0.29) is 11.5 Å². The fraction of sp³-hybridized carbons (Fsp3) is 0.341. The Morgan fingerprint density at radius 3 is 2.15 bits per heavy atom. The van der Waals surface area contributed by atoms with Crippen LogP contribution in [0.4, 0.5) is 17.6 Å². The third kappa shape index (κ3) is 7.44. The predicted octanol–water partition coefficient (Wildman–Crippen LogP) is 12.5. The van der Waals surface area contributed by atoms with Crippen LogP contribution in [0.15, 0.2) is 90.1 Å². The van der Waals surface area contributed by atoms with Gasteiger partial charge in [0, 0.05) is 39.3 Å². The van der Waals surface area contributed by atoms with Crippen LogP contribution in [0.2, 0.25) is 0 Å². The molecule has 1 aromatic heterocycles. The van der Waals surface area contributed by atoms with Crippen molar-refractivity contribution in [2.45, 2.75) is 85.2 Å². The summed E-state index contributed by atoms with van der Waals surface area (Å²) in [5.41, 5.74) is 7.31. The Kier molecular flexibility index (Phi) is 11.0. The van der Waals surface area contributed by atoms with Gasteiger partial charge in [-0.2, -0.15) is 8.78 Å². The third-order valence-corrected chi connectivity index (χ3v) is 10.4. The molecule has 2 unspecified atom stereocenters. The molecule has 0 N–H and O–H groups in total. The van der Waals surface area contributed by atoms with Crippen LogP contribution in [-0.2, 0) is 6.54 Å². The number of hydrogen-bond acceptors (Lipinski definition) is 4. The Hall–Kier alpha value is -5.05. The van der Waals surface area contributed by atoms with Gasteiger partial charge in [0.25, 0.3) is 0 Å². The number of aryl methyl sites for hydroxylation is 3. The number of unbranched alkanes of at least 4 members (excludes halogenated alkanes) is 1. The van der Waals surface area contributed by atoms with E-state index in [0.717, 1.165) is 81.5 Å². The lowest BCUT2D eigenvalue weighted by atomic mass is 9.91. The number of carbonyl (C=O) groups is 1. The minimum atomic E-state index is -4.30. The summed E-state index contributed by atoms with van der Waals surface area (Å²) in [6.45, 7) is 9.66. The predicted molar refractivity (Wildman–Crippen MR) is 205 cm³/mol. The summed E-state index contributed by atoms with van der Waals surface area (Å²) in [4.78, 5) is 26.9. The van der Waals surface area contributed by atoms with Gasteiger partial charge in [0.15, 0.2) is 12.4 Å². The van der Waals surface area contributed by atoms with E-state index in [1.54, 1.807) is 0 Å². The number of nitroso groups, excluding NO2 is 1. The molecule has 9 heteroatoms. The van der Waals surface area contributed by atoms with Crippen molar-refractivity contribution in [3.05, 3.63) is 129 Å². The standard InChI is InChI=1S/C44H44F4N2O3/c1-6-8-11-29(7-2)24-50-38-19-16-31(42(51)39-27(4)20-26(3)21-28(39)5)22-35(38)37-23-36(33-12-9-10-13-34(33)41(37)50)40(49-52)30-14-17-32(18-15-30)53-25-44(47,48)43(45)46/h9-10,12-23,29,40,43H,6-8,11,24-25H2,1-5H3. The molecule has 0 saturated heterocycles. The van der Waals surface area contributed by atoms with Crippen molar-refractivity contribution in [1.29, 1.82) is 0 Å². The quantitative estimate of drug-likeness (QED) is 0.0602. The van der Waals surface area contributed by atoms with E-state index in [1.807, 2.05) is 81.4 Å². The number of nitrogens with zero attached hydrogens (tertiary/aromatic N) is 2. The van der Waals surface area contributed by atoms with Crippen LogP contribution >= 0.6 is 0 Å². The Balaban J connectivity index is 1.54. The van der Waals surface area contributed by atoms with E-state index in [2.05, 4.69) is 23.6 Å². The summed E-state index contributed by atoms with van der Waals surface area (Å²) < 4.78 is 59.7. The fourth-order valence-electron chi connectivity index (χ4n) is 7.69. The summed E-state index contributed by atoms with van der Waals surface area (Å²) in [6.07, 6.45) is 0.474. The molecule has 6 rings (SSSR count). The highest BCUT2D eigenvalue weighted by Gasteiger charge is 2.41. The highest BCUT2D eigenvalue weighted by atomic mass is 19.3. The van der Waals surface area contributed by atoms with Crippen molar-refractivity contribution in [2.75, 3.05) is 6.61 Å². The van der Waals surface area contributed by atoms with Crippen molar-refractivity contribution in [3.63, 3.8) is 0 Å². The molecule has 0 aliphatic rings. The van der Waals surface area contributed by atoms with E-state index in [1.165, 1.54) is 24.3 Å². The van der Waals surface area contributed by atoms with Crippen LogP contribution in [0.3, 0.4) is 0 Å². The summed E-state index contributed by atoms with van der Waals surface area (Å²) in [5, 5.41) is 7.08.